The molecule has 2 N–H and O–H groups in total. The lowest BCUT2D eigenvalue weighted by molar-refractivity contribution is 0.0688. The first kappa shape index (κ1) is 16.3. The molecule has 1 amide bonds. The number of carbonyl (C=O) groups excluding carboxylic acids is 1. The molecule has 0 aliphatic heterocycles. The monoisotopic (exact) mass is 282 g/mol. The van der Waals surface area contributed by atoms with Crippen LogP contribution in [-0.4, -0.2) is 55.9 Å². The molecule has 0 aliphatic rings. The van der Waals surface area contributed by atoms with Crippen molar-refractivity contribution in [2.24, 2.45) is 0 Å². The minimum atomic E-state index is -0.225. The topological polar surface area (TPSA) is 85.4 Å². The van der Waals surface area contributed by atoms with Crippen molar-refractivity contribution in [3.8, 4) is 0 Å². The highest BCUT2D eigenvalue weighted by atomic mass is 16.5. The van der Waals surface area contributed by atoms with Crippen LogP contribution in [0.3, 0.4) is 0 Å². The maximum atomic E-state index is 11.8. The normalized spacial score (nSPS) is 10.3. The summed E-state index contributed by atoms with van der Waals surface area (Å²) >= 11 is 0. The van der Waals surface area contributed by atoms with Gasteiger partial charge >= 0.3 is 0 Å². The van der Waals surface area contributed by atoms with Gasteiger partial charge in [0.05, 0.1) is 25.6 Å². The number of rotatable bonds is 10. The van der Waals surface area contributed by atoms with Gasteiger partial charge in [0.2, 0.25) is 0 Å². The summed E-state index contributed by atoms with van der Waals surface area (Å²) < 4.78 is 10.1. The Morgan fingerprint density at radius 3 is 2.75 bits per heavy atom. The third kappa shape index (κ3) is 6.44. The van der Waals surface area contributed by atoms with E-state index in [1.54, 1.807) is 13.3 Å². The van der Waals surface area contributed by atoms with E-state index in [4.69, 9.17) is 9.47 Å². The molecule has 1 aromatic rings. The van der Waals surface area contributed by atoms with Crippen molar-refractivity contribution in [1.29, 1.82) is 0 Å². The van der Waals surface area contributed by atoms with Gasteiger partial charge in [-0.25, -0.2) is 9.97 Å². The number of methoxy groups -OCH3 is 1. The van der Waals surface area contributed by atoms with Gasteiger partial charge in [0.25, 0.3) is 5.91 Å². The molecule has 0 spiro atoms. The third-order valence-corrected chi connectivity index (χ3v) is 2.43. The molecular weight excluding hydrogens is 260 g/mol. The first-order valence-electron chi connectivity index (χ1n) is 6.68. The summed E-state index contributed by atoms with van der Waals surface area (Å²) in [6.45, 7) is 5.03. The summed E-state index contributed by atoms with van der Waals surface area (Å²) in [4.78, 5) is 19.9. The standard InChI is InChI=1S/C13H22N4O3/c1-3-14-12-10-16-11(9-17-12)13(18)15-5-4-6-20-8-7-19-2/h9-10H,3-8H2,1-2H3,(H,14,17)(H,15,18). The smallest absolute Gasteiger partial charge is 0.271 e. The van der Waals surface area contributed by atoms with E-state index in [9.17, 15) is 4.79 Å². The minimum absolute atomic E-state index is 0.225. The Balaban J connectivity index is 2.18. The average Bonchev–Trinajstić information content (AvgIpc) is 2.47. The number of hydrogen-bond donors (Lipinski definition) is 2. The minimum Gasteiger partial charge on any atom is -0.382 e. The molecule has 1 rings (SSSR count). The summed E-state index contributed by atoms with van der Waals surface area (Å²) in [5, 5.41) is 5.79. The molecule has 0 aromatic carbocycles. The molecular formula is C13H22N4O3. The molecule has 0 fully saturated rings. The predicted octanol–water partition coefficient (Wildman–Crippen LogP) is 0.691. The molecule has 0 saturated carbocycles. The van der Waals surface area contributed by atoms with E-state index < -0.39 is 0 Å². The zero-order valence-corrected chi connectivity index (χ0v) is 12.0. The second-order valence-electron chi connectivity index (χ2n) is 4.03. The molecule has 1 aromatic heterocycles. The van der Waals surface area contributed by atoms with Crippen LogP contribution in [0.2, 0.25) is 0 Å². The number of carbonyl (C=O) groups is 1. The highest BCUT2D eigenvalue weighted by Crippen LogP contribution is 2.00. The largest absolute Gasteiger partial charge is 0.382 e. The molecule has 1 heterocycles. The summed E-state index contributed by atoms with van der Waals surface area (Å²) in [7, 11) is 1.63. The van der Waals surface area contributed by atoms with Crippen LogP contribution < -0.4 is 10.6 Å². The molecule has 0 saturated heterocycles. The van der Waals surface area contributed by atoms with Gasteiger partial charge in [-0.15, -0.1) is 0 Å². The predicted molar refractivity (Wildman–Crippen MR) is 75.8 cm³/mol. The van der Waals surface area contributed by atoms with Crippen molar-refractivity contribution in [3.63, 3.8) is 0 Å². The van der Waals surface area contributed by atoms with Crippen molar-refractivity contribution >= 4 is 11.7 Å². The number of hydrogen-bond acceptors (Lipinski definition) is 6. The van der Waals surface area contributed by atoms with Gasteiger partial charge in [0, 0.05) is 26.8 Å². The molecule has 0 unspecified atom stereocenters. The fourth-order valence-corrected chi connectivity index (χ4v) is 1.43. The molecule has 112 valence electrons. The van der Waals surface area contributed by atoms with Gasteiger partial charge in [0.1, 0.15) is 11.5 Å². The Hall–Kier alpha value is -1.73. The Labute approximate surface area is 119 Å². The third-order valence-electron chi connectivity index (χ3n) is 2.43. The van der Waals surface area contributed by atoms with Crippen molar-refractivity contribution in [2.75, 3.05) is 45.3 Å². The molecule has 7 nitrogen and oxygen atoms in total. The van der Waals surface area contributed by atoms with E-state index in [1.165, 1.54) is 6.20 Å². The van der Waals surface area contributed by atoms with Crippen LogP contribution >= 0.6 is 0 Å². The van der Waals surface area contributed by atoms with Crippen molar-refractivity contribution in [2.45, 2.75) is 13.3 Å². The highest BCUT2D eigenvalue weighted by molar-refractivity contribution is 5.91. The SMILES string of the molecule is CCNc1cnc(C(=O)NCCCOCCOC)cn1. The average molecular weight is 282 g/mol. The van der Waals surface area contributed by atoms with Crippen LogP contribution in [0, 0.1) is 0 Å². The van der Waals surface area contributed by atoms with E-state index >= 15 is 0 Å². The fourth-order valence-electron chi connectivity index (χ4n) is 1.43. The lowest BCUT2D eigenvalue weighted by Gasteiger charge is -2.06. The van der Waals surface area contributed by atoms with Gasteiger partial charge in [-0.3, -0.25) is 4.79 Å². The van der Waals surface area contributed by atoms with Crippen molar-refractivity contribution in [1.82, 2.24) is 15.3 Å². The zero-order valence-electron chi connectivity index (χ0n) is 12.0. The zero-order chi connectivity index (χ0) is 14.6. The number of anilines is 1. The van der Waals surface area contributed by atoms with Crippen LogP contribution in [0.15, 0.2) is 12.4 Å². The van der Waals surface area contributed by atoms with Crippen LogP contribution in [0.5, 0.6) is 0 Å². The Morgan fingerprint density at radius 2 is 2.10 bits per heavy atom. The maximum Gasteiger partial charge on any atom is 0.271 e. The quantitative estimate of drug-likeness (QED) is 0.614. The number of ether oxygens (including phenoxy) is 2. The van der Waals surface area contributed by atoms with Gasteiger partial charge < -0.3 is 20.1 Å². The molecule has 7 heteroatoms. The Bertz CT molecular complexity index is 384. The maximum absolute atomic E-state index is 11.8. The van der Waals surface area contributed by atoms with Crippen LogP contribution in [-0.2, 0) is 9.47 Å². The van der Waals surface area contributed by atoms with Gasteiger partial charge in [-0.2, -0.15) is 0 Å². The first-order valence-corrected chi connectivity index (χ1v) is 6.68. The van der Waals surface area contributed by atoms with E-state index in [-0.39, 0.29) is 5.91 Å². The number of amides is 1. The van der Waals surface area contributed by atoms with Crippen LogP contribution in [0.1, 0.15) is 23.8 Å². The Kier molecular flexibility index (Phi) is 8.25. The van der Waals surface area contributed by atoms with E-state index in [1.807, 2.05) is 6.92 Å². The van der Waals surface area contributed by atoms with E-state index in [0.717, 1.165) is 13.0 Å². The van der Waals surface area contributed by atoms with Crippen molar-refractivity contribution < 1.29 is 14.3 Å². The molecule has 0 atom stereocenters. The highest BCUT2D eigenvalue weighted by Gasteiger charge is 2.06. The van der Waals surface area contributed by atoms with E-state index in [2.05, 4.69) is 20.6 Å². The fraction of sp³-hybridized carbons (Fsp3) is 0.615. The summed E-state index contributed by atoms with van der Waals surface area (Å²) in [6.07, 6.45) is 3.76. The first-order chi connectivity index (χ1) is 9.77. The van der Waals surface area contributed by atoms with Crippen molar-refractivity contribution in [3.05, 3.63) is 18.1 Å². The Morgan fingerprint density at radius 1 is 1.25 bits per heavy atom. The number of nitrogens with zero attached hydrogens (tertiary/aromatic N) is 2. The molecule has 20 heavy (non-hydrogen) atoms. The lowest BCUT2D eigenvalue weighted by Crippen LogP contribution is -2.26. The summed E-state index contributed by atoms with van der Waals surface area (Å²) in [5.41, 5.74) is 0.312. The van der Waals surface area contributed by atoms with Gasteiger partial charge in [-0.05, 0) is 13.3 Å². The molecule has 0 radical (unpaired) electrons. The van der Waals surface area contributed by atoms with Crippen LogP contribution in [0.25, 0.3) is 0 Å². The summed E-state index contributed by atoms with van der Waals surface area (Å²) in [5.74, 6) is 0.438. The molecule has 0 bridgehead atoms. The number of nitrogens with one attached hydrogen (secondary N) is 2. The second-order valence-corrected chi connectivity index (χ2v) is 4.03. The van der Waals surface area contributed by atoms with E-state index in [0.29, 0.717) is 37.9 Å². The molecule has 0 aliphatic carbocycles. The van der Waals surface area contributed by atoms with Crippen LogP contribution in [0.4, 0.5) is 5.82 Å². The van der Waals surface area contributed by atoms with Gasteiger partial charge in [0.15, 0.2) is 0 Å². The van der Waals surface area contributed by atoms with Gasteiger partial charge in [-0.1, -0.05) is 0 Å². The lowest BCUT2D eigenvalue weighted by atomic mass is 10.4. The summed E-state index contributed by atoms with van der Waals surface area (Å²) in [6, 6.07) is 0. The number of aromatic nitrogens is 2. The second kappa shape index (κ2) is 10.1.